The van der Waals surface area contributed by atoms with Crippen LogP contribution >= 0.6 is 0 Å². The highest BCUT2D eigenvalue weighted by Crippen LogP contribution is 2.21. The number of amides is 1. The zero-order chi connectivity index (χ0) is 20.5. The van der Waals surface area contributed by atoms with Crippen molar-refractivity contribution in [2.24, 2.45) is 7.05 Å². The molecule has 148 valence electrons. The first kappa shape index (κ1) is 18.7. The Morgan fingerprint density at radius 3 is 2.45 bits per heavy atom. The lowest BCUT2D eigenvalue weighted by molar-refractivity contribution is -0.116. The Labute approximate surface area is 168 Å². The van der Waals surface area contributed by atoms with Crippen molar-refractivity contribution in [3.63, 3.8) is 0 Å². The number of aromatic nitrogens is 4. The van der Waals surface area contributed by atoms with Crippen molar-refractivity contribution in [3.05, 3.63) is 82.4 Å². The normalized spacial score (nSPS) is 12.2. The number of para-hydroxylation sites is 2. The third kappa shape index (κ3) is 3.47. The second kappa shape index (κ2) is 7.43. The molecular weight excluding hydrogens is 366 g/mol. The van der Waals surface area contributed by atoms with E-state index in [1.165, 1.54) is 4.57 Å². The predicted molar refractivity (Wildman–Crippen MR) is 113 cm³/mol. The van der Waals surface area contributed by atoms with Crippen molar-refractivity contribution in [3.8, 4) is 0 Å². The van der Waals surface area contributed by atoms with Crippen LogP contribution in [0.1, 0.15) is 24.1 Å². The van der Waals surface area contributed by atoms with Gasteiger partial charge in [0, 0.05) is 18.8 Å². The number of carbonyl (C=O) groups excluding carboxylic acids is 1. The van der Waals surface area contributed by atoms with Crippen molar-refractivity contribution >= 4 is 22.8 Å². The van der Waals surface area contributed by atoms with Crippen LogP contribution in [0.5, 0.6) is 0 Å². The maximum Gasteiger partial charge on any atom is 0.329 e. The molecule has 29 heavy (non-hydrogen) atoms. The van der Waals surface area contributed by atoms with Gasteiger partial charge in [0.05, 0.1) is 17.1 Å². The van der Waals surface area contributed by atoms with Crippen LogP contribution in [0.3, 0.4) is 0 Å². The minimum Gasteiger partial charge on any atom is -0.307 e. The number of fused-ring (bicyclic) bond motifs is 1. The Kier molecular flexibility index (Phi) is 4.80. The van der Waals surface area contributed by atoms with E-state index in [-0.39, 0.29) is 24.2 Å². The largest absolute Gasteiger partial charge is 0.329 e. The summed E-state index contributed by atoms with van der Waals surface area (Å²) in [5, 5.41) is 7.40. The number of benzene rings is 2. The molecule has 0 fully saturated rings. The Hall–Kier alpha value is -3.61. The highest BCUT2D eigenvalue weighted by Gasteiger charge is 2.16. The van der Waals surface area contributed by atoms with E-state index in [0.717, 1.165) is 22.2 Å². The maximum atomic E-state index is 12.7. The minimum absolute atomic E-state index is 0.0428. The number of rotatable bonds is 5. The van der Waals surface area contributed by atoms with Gasteiger partial charge in [0.1, 0.15) is 6.54 Å². The lowest BCUT2D eigenvalue weighted by atomic mass is 10.1. The topological polar surface area (TPSA) is 73.8 Å². The number of hydrogen-bond donors (Lipinski definition) is 1. The number of aryl methyl sites for hydroxylation is 2. The number of hydrogen-bond acceptors (Lipinski definition) is 3. The molecule has 1 amide bonds. The highest BCUT2D eigenvalue weighted by atomic mass is 16.2. The summed E-state index contributed by atoms with van der Waals surface area (Å²) in [6.45, 7) is 3.89. The van der Waals surface area contributed by atoms with Gasteiger partial charge in [-0.3, -0.25) is 18.6 Å². The van der Waals surface area contributed by atoms with Gasteiger partial charge in [-0.2, -0.15) is 5.10 Å². The summed E-state index contributed by atoms with van der Waals surface area (Å²) in [5.74, 6) is 0.218. The van der Waals surface area contributed by atoms with E-state index in [0.29, 0.717) is 5.82 Å². The Balaban J connectivity index is 1.55. The van der Waals surface area contributed by atoms with Crippen LogP contribution in [-0.2, 0) is 18.4 Å². The molecule has 0 aliphatic carbocycles. The first-order chi connectivity index (χ1) is 14.0. The van der Waals surface area contributed by atoms with Crippen molar-refractivity contribution in [1.82, 2.24) is 18.9 Å². The standard InChI is InChI=1S/C22H23N5O2/c1-15-13-27(16(2)17-9-5-4-6-10-17)24-21(15)23-20(28)14-26-19-12-8-7-11-18(19)25(3)22(26)29/h4-13,16H,14H2,1-3H3,(H,23,24,28)/t16-/m0/s1. The molecule has 7 nitrogen and oxygen atoms in total. The molecule has 4 rings (SSSR count). The van der Waals surface area contributed by atoms with E-state index in [1.54, 1.807) is 11.6 Å². The molecule has 0 spiro atoms. The molecule has 2 aromatic carbocycles. The Morgan fingerprint density at radius 2 is 1.72 bits per heavy atom. The van der Waals surface area contributed by atoms with Crippen LogP contribution in [0.15, 0.2) is 65.6 Å². The summed E-state index contributed by atoms with van der Waals surface area (Å²) in [5.41, 5.74) is 3.31. The van der Waals surface area contributed by atoms with Crippen LogP contribution in [0, 0.1) is 6.92 Å². The molecule has 0 saturated carbocycles. The first-order valence-corrected chi connectivity index (χ1v) is 9.50. The number of nitrogens with one attached hydrogen (secondary N) is 1. The molecule has 2 aromatic heterocycles. The van der Waals surface area contributed by atoms with Crippen molar-refractivity contribution in [1.29, 1.82) is 0 Å². The molecule has 0 aliphatic rings. The van der Waals surface area contributed by atoms with E-state index in [1.807, 2.05) is 72.4 Å². The second-order valence-electron chi connectivity index (χ2n) is 7.19. The van der Waals surface area contributed by atoms with Gasteiger partial charge in [-0.1, -0.05) is 42.5 Å². The molecule has 0 saturated heterocycles. The lowest BCUT2D eigenvalue weighted by Crippen LogP contribution is -2.28. The molecule has 1 N–H and O–H groups in total. The number of anilines is 1. The van der Waals surface area contributed by atoms with Gasteiger partial charge in [-0.05, 0) is 31.5 Å². The van der Waals surface area contributed by atoms with E-state index in [2.05, 4.69) is 17.3 Å². The summed E-state index contributed by atoms with van der Waals surface area (Å²) in [6, 6.07) is 17.5. The third-order valence-corrected chi connectivity index (χ3v) is 5.20. The Morgan fingerprint density at radius 1 is 1.07 bits per heavy atom. The summed E-state index contributed by atoms with van der Waals surface area (Å²) in [6.07, 6.45) is 1.91. The summed E-state index contributed by atoms with van der Waals surface area (Å²) in [4.78, 5) is 25.2. The SMILES string of the molecule is Cc1cn([C@@H](C)c2ccccc2)nc1NC(=O)Cn1c(=O)n(C)c2ccccc21. The molecule has 4 aromatic rings. The van der Waals surface area contributed by atoms with Crippen LogP contribution in [0.4, 0.5) is 5.82 Å². The highest BCUT2D eigenvalue weighted by molar-refractivity contribution is 5.91. The molecular formula is C22H23N5O2. The van der Waals surface area contributed by atoms with Gasteiger partial charge in [-0.15, -0.1) is 0 Å². The van der Waals surface area contributed by atoms with Gasteiger partial charge in [0.15, 0.2) is 5.82 Å². The van der Waals surface area contributed by atoms with Gasteiger partial charge in [0.25, 0.3) is 0 Å². The van der Waals surface area contributed by atoms with E-state index in [9.17, 15) is 9.59 Å². The summed E-state index contributed by atoms with van der Waals surface area (Å²) < 4.78 is 4.86. The summed E-state index contributed by atoms with van der Waals surface area (Å²) in [7, 11) is 1.70. The van der Waals surface area contributed by atoms with Gasteiger partial charge in [-0.25, -0.2) is 4.79 Å². The van der Waals surface area contributed by atoms with E-state index < -0.39 is 0 Å². The first-order valence-electron chi connectivity index (χ1n) is 9.50. The zero-order valence-electron chi connectivity index (χ0n) is 16.7. The fraction of sp³-hybridized carbons (Fsp3) is 0.227. The smallest absolute Gasteiger partial charge is 0.307 e. The molecule has 2 heterocycles. The predicted octanol–water partition coefficient (Wildman–Crippen LogP) is 3.09. The van der Waals surface area contributed by atoms with Gasteiger partial charge < -0.3 is 5.32 Å². The zero-order valence-corrected chi connectivity index (χ0v) is 16.7. The lowest BCUT2D eigenvalue weighted by Gasteiger charge is -2.12. The minimum atomic E-state index is -0.288. The van der Waals surface area contributed by atoms with Crippen molar-refractivity contribution < 1.29 is 4.79 Å². The Bertz CT molecular complexity index is 1230. The summed E-state index contributed by atoms with van der Waals surface area (Å²) >= 11 is 0. The van der Waals surface area contributed by atoms with Crippen molar-refractivity contribution in [2.45, 2.75) is 26.4 Å². The fourth-order valence-corrected chi connectivity index (χ4v) is 3.52. The number of nitrogens with zero attached hydrogens (tertiary/aromatic N) is 4. The van der Waals surface area contributed by atoms with Crippen molar-refractivity contribution in [2.75, 3.05) is 5.32 Å². The molecule has 0 bridgehead atoms. The average molecular weight is 389 g/mol. The number of imidazole rings is 1. The maximum absolute atomic E-state index is 12.7. The van der Waals surface area contributed by atoms with Gasteiger partial charge >= 0.3 is 5.69 Å². The van der Waals surface area contributed by atoms with Crippen LogP contribution in [0.2, 0.25) is 0 Å². The molecule has 0 unspecified atom stereocenters. The molecule has 1 atom stereocenters. The van der Waals surface area contributed by atoms with E-state index >= 15 is 0 Å². The van der Waals surface area contributed by atoms with Crippen LogP contribution in [0.25, 0.3) is 11.0 Å². The monoisotopic (exact) mass is 389 g/mol. The molecule has 0 radical (unpaired) electrons. The molecule has 7 heteroatoms. The fourth-order valence-electron chi connectivity index (χ4n) is 3.52. The van der Waals surface area contributed by atoms with Gasteiger partial charge in [0.2, 0.25) is 5.91 Å². The number of carbonyl (C=O) groups is 1. The quantitative estimate of drug-likeness (QED) is 0.570. The third-order valence-electron chi connectivity index (χ3n) is 5.20. The molecule has 0 aliphatic heterocycles. The second-order valence-corrected chi connectivity index (χ2v) is 7.19. The average Bonchev–Trinajstić information content (AvgIpc) is 3.21. The van der Waals surface area contributed by atoms with Crippen LogP contribution in [-0.4, -0.2) is 24.8 Å². The van der Waals surface area contributed by atoms with Crippen LogP contribution < -0.4 is 11.0 Å². The van der Waals surface area contributed by atoms with E-state index in [4.69, 9.17) is 0 Å².